The van der Waals surface area contributed by atoms with Crippen LogP contribution in [0.3, 0.4) is 0 Å². The molecule has 1 rings (SSSR count). The SMILES string of the molecule is CC.CC1=CC=C(NC(N)=S)CC1. The van der Waals surface area contributed by atoms with Crippen LogP contribution in [0.4, 0.5) is 0 Å². The number of hydrogen-bond acceptors (Lipinski definition) is 1. The van der Waals surface area contributed by atoms with Gasteiger partial charge in [-0.25, -0.2) is 0 Å². The first-order chi connectivity index (χ1) is 6.18. The molecule has 3 N–H and O–H groups in total. The molecular formula is C10H18N2S. The molecule has 1 aliphatic rings. The van der Waals surface area contributed by atoms with E-state index in [1.807, 2.05) is 19.9 Å². The van der Waals surface area contributed by atoms with Crippen molar-refractivity contribution in [2.45, 2.75) is 33.6 Å². The summed E-state index contributed by atoms with van der Waals surface area (Å²) in [5, 5.41) is 3.28. The molecule has 0 heterocycles. The van der Waals surface area contributed by atoms with Crippen molar-refractivity contribution in [3.8, 4) is 0 Å². The number of thiocarbonyl (C=S) groups is 1. The van der Waals surface area contributed by atoms with Gasteiger partial charge in [0.1, 0.15) is 0 Å². The van der Waals surface area contributed by atoms with Gasteiger partial charge in [-0.05, 0) is 38.1 Å². The van der Waals surface area contributed by atoms with E-state index >= 15 is 0 Å². The molecule has 0 saturated carbocycles. The van der Waals surface area contributed by atoms with E-state index in [0.717, 1.165) is 18.5 Å². The highest BCUT2D eigenvalue weighted by Gasteiger charge is 2.02. The minimum Gasteiger partial charge on any atom is -0.376 e. The Labute approximate surface area is 85.9 Å². The maximum atomic E-state index is 5.32. The Bertz CT molecular complexity index is 229. The molecule has 0 spiro atoms. The van der Waals surface area contributed by atoms with Crippen LogP contribution in [-0.2, 0) is 0 Å². The van der Waals surface area contributed by atoms with E-state index in [4.69, 9.17) is 18.0 Å². The maximum absolute atomic E-state index is 5.32. The minimum atomic E-state index is 0.351. The normalized spacial score (nSPS) is 14.7. The lowest BCUT2D eigenvalue weighted by Gasteiger charge is -2.12. The fraction of sp³-hybridized carbons (Fsp3) is 0.500. The standard InChI is InChI=1S/C8H12N2S.C2H6/c1-6-2-4-7(5-3-6)10-8(9)11;1-2/h2,4H,3,5H2,1H3,(H3,9,10,11);1-2H3. The number of nitrogens with one attached hydrogen (secondary N) is 1. The van der Waals surface area contributed by atoms with Gasteiger partial charge in [0.25, 0.3) is 0 Å². The highest BCUT2D eigenvalue weighted by Crippen LogP contribution is 2.14. The quantitative estimate of drug-likeness (QED) is 0.636. The molecule has 0 aliphatic heterocycles. The van der Waals surface area contributed by atoms with E-state index in [1.165, 1.54) is 5.57 Å². The van der Waals surface area contributed by atoms with Crippen LogP contribution >= 0.6 is 12.2 Å². The fourth-order valence-corrected chi connectivity index (χ4v) is 1.13. The molecule has 0 atom stereocenters. The molecule has 0 saturated heterocycles. The van der Waals surface area contributed by atoms with E-state index in [9.17, 15) is 0 Å². The molecular weight excluding hydrogens is 180 g/mol. The van der Waals surface area contributed by atoms with E-state index in [2.05, 4.69) is 18.3 Å². The number of hydrogen-bond donors (Lipinski definition) is 2. The second kappa shape index (κ2) is 6.66. The van der Waals surface area contributed by atoms with Gasteiger partial charge >= 0.3 is 0 Å². The van der Waals surface area contributed by atoms with Crippen LogP contribution in [0.25, 0.3) is 0 Å². The Kier molecular flexibility index (Phi) is 6.24. The minimum absolute atomic E-state index is 0.351. The van der Waals surface area contributed by atoms with E-state index in [-0.39, 0.29) is 0 Å². The van der Waals surface area contributed by atoms with Crippen molar-refractivity contribution in [3.63, 3.8) is 0 Å². The van der Waals surface area contributed by atoms with Gasteiger partial charge in [0, 0.05) is 5.70 Å². The molecule has 74 valence electrons. The molecule has 0 fully saturated rings. The summed E-state index contributed by atoms with van der Waals surface area (Å²) in [4.78, 5) is 0. The van der Waals surface area contributed by atoms with Crippen LogP contribution < -0.4 is 11.1 Å². The largest absolute Gasteiger partial charge is 0.376 e. The summed E-state index contributed by atoms with van der Waals surface area (Å²) in [6, 6.07) is 0. The Morgan fingerprint density at radius 2 is 2.00 bits per heavy atom. The van der Waals surface area contributed by atoms with Gasteiger partial charge in [0.2, 0.25) is 0 Å². The molecule has 1 aliphatic carbocycles. The summed E-state index contributed by atoms with van der Waals surface area (Å²) in [6.07, 6.45) is 6.23. The summed E-state index contributed by atoms with van der Waals surface area (Å²) >= 11 is 4.71. The Balaban J connectivity index is 0.000000671. The van der Waals surface area contributed by atoms with Crippen molar-refractivity contribution in [2.75, 3.05) is 0 Å². The lowest BCUT2D eigenvalue weighted by Crippen LogP contribution is -2.28. The summed E-state index contributed by atoms with van der Waals surface area (Å²) < 4.78 is 0. The Hall–Kier alpha value is -0.830. The number of nitrogens with two attached hydrogens (primary N) is 1. The van der Waals surface area contributed by atoms with Crippen LogP contribution in [0.2, 0.25) is 0 Å². The number of allylic oxidation sites excluding steroid dienone is 4. The van der Waals surface area contributed by atoms with Crippen molar-refractivity contribution >= 4 is 17.3 Å². The molecule has 0 bridgehead atoms. The zero-order valence-corrected chi connectivity index (χ0v) is 9.37. The topological polar surface area (TPSA) is 38.0 Å². The lowest BCUT2D eigenvalue weighted by molar-refractivity contribution is 0.855. The summed E-state index contributed by atoms with van der Waals surface area (Å²) in [5.74, 6) is 0. The maximum Gasteiger partial charge on any atom is 0.167 e. The van der Waals surface area contributed by atoms with Crippen LogP contribution in [-0.4, -0.2) is 5.11 Å². The van der Waals surface area contributed by atoms with Crippen LogP contribution in [0.5, 0.6) is 0 Å². The molecule has 13 heavy (non-hydrogen) atoms. The average Bonchev–Trinajstić information content (AvgIpc) is 2.12. The first-order valence-corrected chi connectivity index (χ1v) is 5.02. The second-order valence-electron chi connectivity index (χ2n) is 2.69. The Morgan fingerprint density at radius 3 is 2.38 bits per heavy atom. The van der Waals surface area contributed by atoms with Gasteiger partial charge in [0.05, 0.1) is 0 Å². The van der Waals surface area contributed by atoms with Gasteiger partial charge in [-0.15, -0.1) is 0 Å². The van der Waals surface area contributed by atoms with Crippen molar-refractivity contribution in [2.24, 2.45) is 5.73 Å². The molecule has 2 nitrogen and oxygen atoms in total. The van der Waals surface area contributed by atoms with Crippen LogP contribution in [0.15, 0.2) is 23.4 Å². The smallest absolute Gasteiger partial charge is 0.167 e. The molecule has 0 unspecified atom stereocenters. The summed E-state index contributed by atoms with van der Waals surface area (Å²) in [5.41, 5.74) is 7.83. The summed E-state index contributed by atoms with van der Waals surface area (Å²) in [6.45, 7) is 6.12. The zero-order chi connectivity index (χ0) is 10.3. The third-order valence-electron chi connectivity index (χ3n) is 1.64. The second-order valence-corrected chi connectivity index (χ2v) is 3.13. The van der Waals surface area contributed by atoms with Crippen LogP contribution in [0, 0.1) is 0 Å². The molecule has 0 aromatic rings. The Morgan fingerprint density at radius 1 is 1.38 bits per heavy atom. The van der Waals surface area contributed by atoms with Gasteiger partial charge in [-0.1, -0.05) is 25.5 Å². The third-order valence-corrected chi connectivity index (χ3v) is 1.74. The lowest BCUT2D eigenvalue weighted by atomic mass is 10.0. The van der Waals surface area contributed by atoms with Crippen molar-refractivity contribution in [1.82, 2.24) is 5.32 Å². The van der Waals surface area contributed by atoms with E-state index in [1.54, 1.807) is 0 Å². The van der Waals surface area contributed by atoms with Crippen molar-refractivity contribution in [3.05, 3.63) is 23.4 Å². The van der Waals surface area contributed by atoms with Crippen molar-refractivity contribution in [1.29, 1.82) is 0 Å². The molecule has 0 radical (unpaired) electrons. The van der Waals surface area contributed by atoms with Gasteiger partial charge in [0.15, 0.2) is 5.11 Å². The molecule has 0 aromatic heterocycles. The van der Waals surface area contributed by atoms with Gasteiger partial charge in [-0.3, -0.25) is 0 Å². The van der Waals surface area contributed by atoms with Crippen molar-refractivity contribution < 1.29 is 0 Å². The fourth-order valence-electron chi connectivity index (χ4n) is 1.00. The highest BCUT2D eigenvalue weighted by atomic mass is 32.1. The predicted octanol–water partition coefficient (Wildman–Crippen LogP) is 2.47. The predicted molar refractivity (Wildman–Crippen MR) is 62.3 cm³/mol. The highest BCUT2D eigenvalue weighted by molar-refractivity contribution is 7.80. The monoisotopic (exact) mass is 198 g/mol. The van der Waals surface area contributed by atoms with E-state index in [0.29, 0.717) is 5.11 Å². The average molecular weight is 198 g/mol. The molecule has 0 amide bonds. The molecule has 3 heteroatoms. The summed E-state index contributed by atoms with van der Waals surface area (Å²) in [7, 11) is 0. The first kappa shape index (κ1) is 12.2. The number of rotatable bonds is 1. The van der Waals surface area contributed by atoms with Crippen LogP contribution in [0.1, 0.15) is 33.6 Å². The first-order valence-electron chi connectivity index (χ1n) is 4.61. The van der Waals surface area contributed by atoms with Gasteiger partial charge < -0.3 is 11.1 Å². The zero-order valence-electron chi connectivity index (χ0n) is 8.55. The molecule has 0 aromatic carbocycles. The van der Waals surface area contributed by atoms with Gasteiger partial charge in [-0.2, -0.15) is 0 Å². The van der Waals surface area contributed by atoms with E-state index < -0.39 is 0 Å². The third kappa shape index (κ3) is 5.42.